The molecule has 1 aliphatic heterocycles. The van der Waals surface area contributed by atoms with Crippen LogP contribution in [-0.4, -0.2) is 63.5 Å². The van der Waals surface area contributed by atoms with Crippen molar-refractivity contribution in [2.75, 3.05) is 43.4 Å². The zero-order valence-corrected chi connectivity index (χ0v) is 11.9. The molecule has 0 aliphatic carbocycles. The summed E-state index contributed by atoms with van der Waals surface area (Å²) in [6, 6.07) is 0. The van der Waals surface area contributed by atoms with Crippen molar-refractivity contribution in [3.05, 3.63) is 5.15 Å². The van der Waals surface area contributed by atoms with Crippen molar-refractivity contribution in [3.63, 3.8) is 0 Å². The minimum Gasteiger partial charge on any atom is -0.394 e. The quantitative estimate of drug-likeness (QED) is 0.808. The van der Waals surface area contributed by atoms with Crippen molar-refractivity contribution in [1.82, 2.24) is 20.1 Å². The number of hydrogen-bond acceptors (Lipinski definition) is 7. The van der Waals surface area contributed by atoms with Crippen molar-refractivity contribution >= 4 is 23.4 Å². The maximum atomic E-state index is 9.37. The van der Waals surface area contributed by atoms with Crippen molar-refractivity contribution in [3.8, 4) is 0 Å². The Morgan fingerprint density at radius 2 is 1.89 bits per heavy atom. The maximum absolute atomic E-state index is 9.37. The van der Waals surface area contributed by atoms with Crippen LogP contribution in [0.25, 0.3) is 0 Å². The number of halogens is 1. The first-order valence-electron chi connectivity index (χ1n) is 6.20. The molecule has 1 fully saturated rings. The van der Waals surface area contributed by atoms with Crippen molar-refractivity contribution in [1.29, 1.82) is 0 Å². The number of aromatic nitrogens is 3. The molecular formula is C11H19ClN6O. The minimum atomic E-state index is -0.204. The highest BCUT2D eigenvalue weighted by molar-refractivity contribution is 6.31. The van der Waals surface area contributed by atoms with Crippen LogP contribution in [0.2, 0.25) is 5.15 Å². The van der Waals surface area contributed by atoms with E-state index in [1.807, 2.05) is 18.7 Å². The van der Waals surface area contributed by atoms with Gasteiger partial charge in [-0.1, -0.05) is 11.6 Å². The van der Waals surface area contributed by atoms with Crippen LogP contribution >= 0.6 is 11.6 Å². The normalized spacial score (nSPS) is 17.8. The minimum absolute atomic E-state index is 0.129. The molecule has 3 N–H and O–H groups in total. The van der Waals surface area contributed by atoms with Gasteiger partial charge in [-0.2, -0.15) is 4.98 Å². The zero-order chi connectivity index (χ0) is 14.0. The maximum Gasteiger partial charge on any atom is 0.247 e. The lowest BCUT2D eigenvalue weighted by Crippen LogP contribution is -2.56. The van der Waals surface area contributed by atoms with Crippen molar-refractivity contribution in [2.45, 2.75) is 19.4 Å². The average Bonchev–Trinajstić information content (AvgIpc) is 2.42. The largest absolute Gasteiger partial charge is 0.394 e. The Morgan fingerprint density at radius 1 is 1.26 bits per heavy atom. The van der Waals surface area contributed by atoms with E-state index in [9.17, 15) is 5.11 Å². The Bertz CT molecular complexity index is 447. The molecule has 8 heteroatoms. The Labute approximate surface area is 117 Å². The Morgan fingerprint density at radius 3 is 2.42 bits per heavy atom. The molecule has 0 spiro atoms. The third kappa shape index (κ3) is 3.05. The summed E-state index contributed by atoms with van der Waals surface area (Å²) in [6.45, 7) is 7.40. The van der Waals surface area contributed by atoms with Gasteiger partial charge in [-0.25, -0.2) is 0 Å². The molecule has 106 valence electrons. The Hall–Kier alpha value is -1.18. The first kappa shape index (κ1) is 14.2. The molecular weight excluding hydrogens is 268 g/mol. The second kappa shape index (κ2) is 5.44. The van der Waals surface area contributed by atoms with E-state index in [0.29, 0.717) is 5.95 Å². The molecule has 2 rings (SSSR count). The van der Waals surface area contributed by atoms with E-state index >= 15 is 0 Å². The predicted octanol–water partition coefficient (Wildman–Crippen LogP) is 0.0001000. The van der Waals surface area contributed by atoms with Crippen LogP contribution in [0.5, 0.6) is 0 Å². The van der Waals surface area contributed by atoms with E-state index in [1.54, 1.807) is 0 Å². The molecule has 0 radical (unpaired) electrons. The monoisotopic (exact) mass is 286 g/mol. The molecule has 0 bridgehead atoms. The fourth-order valence-corrected chi connectivity index (χ4v) is 2.14. The SMILES string of the molecule is CC(C)(CO)N1CCN(c2nnc(Cl)c(N)n2)CC1. The van der Waals surface area contributed by atoms with Crippen molar-refractivity contribution < 1.29 is 5.11 Å². The van der Waals surface area contributed by atoms with Crippen LogP contribution in [0.1, 0.15) is 13.8 Å². The number of nitrogens with two attached hydrogens (primary N) is 1. The summed E-state index contributed by atoms with van der Waals surface area (Å²) in [7, 11) is 0. The number of hydrogen-bond donors (Lipinski definition) is 2. The first-order chi connectivity index (χ1) is 8.94. The van der Waals surface area contributed by atoms with E-state index < -0.39 is 0 Å². The lowest BCUT2D eigenvalue weighted by molar-refractivity contribution is 0.0524. The molecule has 19 heavy (non-hydrogen) atoms. The van der Waals surface area contributed by atoms with E-state index in [-0.39, 0.29) is 23.1 Å². The number of aliphatic hydroxyl groups excluding tert-OH is 1. The highest BCUT2D eigenvalue weighted by Crippen LogP contribution is 2.20. The predicted molar refractivity (Wildman–Crippen MR) is 74.2 cm³/mol. The van der Waals surface area contributed by atoms with E-state index in [4.69, 9.17) is 17.3 Å². The van der Waals surface area contributed by atoms with Crippen LogP contribution < -0.4 is 10.6 Å². The average molecular weight is 287 g/mol. The van der Waals surface area contributed by atoms with E-state index in [1.165, 1.54) is 0 Å². The molecule has 0 amide bonds. The van der Waals surface area contributed by atoms with E-state index in [2.05, 4.69) is 20.1 Å². The molecule has 0 atom stereocenters. The van der Waals surface area contributed by atoms with E-state index in [0.717, 1.165) is 26.2 Å². The molecule has 1 aliphatic rings. The molecule has 0 saturated carbocycles. The topological polar surface area (TPSA) is 91.4 Å². The van der Waals surface area contributed by atoms with Gasteiger partial charge < -0.3 is 15.7 Å². The summed E-state index contributed by atoms with van der Waals surface area (Å²) in [5, 5.41) is 17.2. The smallest absolute Gasteiger partial charge is 0.247 e. The van der Waals surface area contributed by atoms with Gasteiger partial charge in [0.15, 0.2) is 11.0 Å². The lowest BCUT2D eigenvalue weighted by Gasteiger charge is -2.43. The molecule has 7 nitrogen and oxygen atoms in total. The number of nitrogens with zero attached hydrogens (tertiary/aromatic N) is 5. The summed E-state index contributed by atoms with van der Waals surface area (Å²) in [5.41, 5.74) is 5.43. The van der Waals surface area contributed by atoms with Crippen LogP contribution in [0, 0.1) is 0 Å². The van der Waals surface area contributed by atoms with Gasteiger partial charge in [0.05, 0.1) is 6.61 Å². The molecule has 2 heterocycles. The number of piperazine rings is 1. The van der Waals surface area contributed by atoms with Gasteiger partial charge in [-0.05, 0) is 13.8 Å². The second-order valence-corrected chi connectivity index (χ2v) is 5.59. The van der Waals surface area contributed by atoms with Gasteiger partial charge in [0, 0.05) is 31.7 Å². The van der Waals surface area contributed by atoms with Crippen molar-refractivity contribution in [2.24, 2.45) is 0 Å². The highest BCUT2D eigenvalue weighted by Gasteiger charge is 2.30. The van der Waals surface area contributed by atoms with Crippen LogP contribution in [0.4, 0.5) is 11.8 Å². The fraction of sp³-hybridized carbons (Fsp3) is 0.727. The summed E-state index contributed by atoms with van der Waals surface area (Å²) >= 11 is 5.71. The van der Waals surface area contributed by atoms with Gasteiger partial charge in [-0.15, -0.1) is 10.2 Å². The summed E-state index contributed by atoms with van der Waals surface area (Å²) in [4.78, 5) is 8.40. The summed E-state index contributed by atoms with van der Waals surface area (Å²) in [5.74, 6) is 0.702. The third-order valence-corrected chi connectivity index (χ3v) is 3.73. The van der Waals surface area contributed by atoms with Gasteiger partial charge in [0.2, 0.25) is 5.95 Å². The molecule has 1 aromatic rings. The number of nitrogen functional groups attached to an aromatic ring is 1. The molecule has 1 saturated heterocycles. The fourth-order valence-electron chi connectivity index (χ4n) is 2.06. The Kier molecular flexibility index (Phi) is 4.07. The molecule has 0 aromatic carbocycles. The number of aliphatic hydroxyl groups is 1. The Balaban J connectivity index is 2.02. The second-order valence-electron chi connectivity index (χ2n) is 5.23. The lowest BCUT2D eigenvalue weighted by atomic mass is 10.0. The van der Waals surface area contributed by atoms with Gasteiger partial charge in [-0.3, -0.25) is 4.90 Å². The highest BCUT2D eigenvalue weighted by atomic mass is 35.5. The number of anilines is 2. The first-order valence-corrected chi connectivity index (χ1v) is 6.58. The zero-order valence-electron chi connectivity index (χ0n) is 11.2. The standard InChI is InChI=1S/C11H19ClN6O/c1-11(2,7-19)18-5-3-17(4-6-18)10-14-9(13)8(12)15-16-10/h19H,3-7H2,1-2H3,(H2,13,14,16). The van der Waals surface area contributed by atoms with Crippen LogP contribution in [0.15, 0.2) is 0 Å². The van der Waals surface area contributed by atoms with Gasteiger partial charge in [0.1, 0.15) is 0 Å². The summed E-state index contributed by atoms with van der Waals surface area (Å²) < 4.78 is 0. The summed E-state index contributed by atoms with van der Waals surface area (Å²) in [6.07, 6.45) is 0. The molecule has 0 unspecified atom stereocenters. The van der Waals surface area contributed by atoms with Crippen LogP contribution in [0.3, 0.4) is 0 Å². The molecule has 1 aromatic heterocycles. The van der Waals surface area contributed by atoms with Gasteiger partial charge in [0.25, 0.3) is 0 Å². The third-order valence-electron chi connectivity index (χ3n) is 3.46. The van der Waals surface area contributed by atoms with Gasteiger partial charge >= 0.3 is 0 Å². The number of rotatable bonds is 3. The van der Waals surface area contributed by atoms with Crippen LogP contribution in [-0.2, 0) is 0 Å².